The summed E-state index contributed by atoms with van der Waals surface area (Å²) in [5.41, 5.74) is 4.72. The molecule has 3 aromatic rings. The van der Waals surface area contributed by atoms with Gasteiger partial charge >= 0.3 is 0 Å². The van der Waals surface area contributed by atoms with Crippen LogP contribution in [0.1, 0.15) is 41.6 Å². The number of nitrogens with zero attached hydrogens (tertiary/aromatic N) is 2. The second-order valence-corrected chi connectivity index (χ2v) is 14.5. The average Bonchev–Trinajstić information content (AvgIpc) is 3.39. The van der Waals surface area contributed by atoms with Crippen LogP contribution in [-0.4, -0.2) is 23.6 Å². The zero-order chi connectivity index (χ0) is 28.0. The standard InChI is InChI=1S/C30H20Br4N2O4/c31-23-15-11-17-18(26(34)22-21(25(17)33)29(39)36(30(22)40)14-9-5-2-6-10-14)12-16(15)24(32)20-19(23)27(37)35(28(20)38)13-7-3-1-4-8-13/h1-12,19-26H. The smallest absolute Gasteiger partial charge is 0.239 e. The van der Waals surface area contributed by atoms with E-state index in [9.17, 15) is 19.2 Å². The van der Waals surface area contributed by atoms with Crippen LogP contribution in [-0.2, 0) is 19.2 Å². The first-order valence-corrected chi connectivity index (χ1v) is 16.5. The van der Waals surface area contributed by atoms with Crippen LogP contribution in [0.5, 0.6) is 0 Å². The van der Waals surface area contributed by atoms with Gasteiger partial charge in [-0.05, 0) is 46.5 Å². The molecule has 6 nitrogen and oxygen atoms in total. The highest BCUT2D eigenvalue weighted by atomic mass is 79.9. The maximum absolute atomic E-state index is 13.7. The van der Waals surface area contributed by atoms with Crippen LogP contribution in [0.25, 0.3) is 0 Å². The Kier molecular flexibility index (Phi) is 6.49. The van der Waals surface area contributed by atoms with Crippen molar-refractivity contribution in [2.24, 2.45) is 23.7 Å². The molecule has 4 amide bonds. The minimum absolute atomic E-state index is 0.236. The third-order valence-corrected chi connectivity index (χ3v) is 12.8. The van der Waals surface area contributed by atoms with Crippen LogP contribution in [0.3, 0.4) is 0 Å². The van der Waals surface area contributed by atoms with E-state index in [0.29, 0.717) is 11.4 Å². The van der Waals surface area contributed by atoms with Crippen molar-refractivity contribution in [3.05, 3.63) is 95.1 Å². The van der Waals surface area contributed by atoms with Gasteiger partial charge in [-0.15, -0.1) is 0 Å². The molecule has 3 aromatic carbocycles. The van der Waals surface area contributed by atoms with Crippen molar-refractivity contribution < 1.29 is 19.2 Å². The van der Waals surface area contributed by atoms with Crippen LogP contribution in [0.15, 0.2) is 72.8 Å². The van der Waals surface area contributed by atoms with Gasteiger partial charge < -0.3 is 0 Å². The first kappa shape index (κ1) is 26.7. The lowest BCUT2D eigenvalue weighted by molar-refractivity contribution is -0.124. The molecule has 0 bridgehead atoms. The number of anilines is 2. The van der Waals surface area contributed by atoms with E-state index in [4.69, 9.17) is 0 Å². The van der Waals surface area contributed by atoms with E-state index in [0.717, 1.165) is 22.3 Å². The summed E-state index contributed by atoms with van der Waals surface area (Å²) in [4.78, 5) is 55.7. The summed E-state index contributed by atoms with van der Waals surface area (Å²) in [5.74, 6) is -3.29. The van der Waals surface area contributed by atoms with Gasteiger partial charge in [-0.2, -0.15) is 0 Å². The first-order valence-electron chi connectivity index (χ1n) is 12.8. The molecule has 0 radical (unpaired) electrons. The fourth-order valence-corrected chi connectivity index (χ4v) is 10.5. The molecule has 2 fully saturated rings. The van der Waals surface area contributed by atoms with E-state index in [1.54, 1.807) is 24.3 Å². The molecule has 40 heavy (non-hydrogen) atoms. The Bertz CT molecular complexity index is 1410. The summed E-state index contributed by atoms with van der Waals surface area (Å²) in [6.45, 7) is 0. The van der Waals surface area contributed by atoms with Gasteiger partial charge in [-0.25, -0.2) is 9.80 Å². The number of hydrogen-bond acceptors (Lipinski definition) is 4. The molecule has 2 saturated heterocycles. The van der Waals surface area contributed by atoms with Gasteiger partial charge in [-0.3, -0.25) is 19.2 Å². The number of imide groups is 2. The Balaban J connectivity index is 1.30. The topological polar surface area (TPSA) is 74.8 Å². The number of halogens is 4. The second-order valence-electron chi connectivity index (χ2n) is 10.5. The number of carbonyl (C=O) groups excluding carboxylic acids is 4. The third kappa shape index (κ3) is 3.61. The minimum atomic E-state index is -0.587. The van der Waals surface area contributed by atoms with Gasteiger partial charge in [0.2, 0.25) is 23.6 Å². The highest BCUT2D eigenvalue weighted by Gasteiger charge is 2.60. The number of alkyl halides is 4. The van der Waals surface area contributed by atoms with E-state index in [1.165, 1.54) is 9.80 Å². The first-order chi connectivity index (χ1) is 19.2. The van der Waals surface area contributed by atoms with Crippen LogP contribution in [0, 0.1) is 23.7 Å². The molecule has 2 heterocycles. The molecule has 0 spiro atoms. The summed E-state index contributed by atoms with van der Waals surface area (Å²) < 4.78 is 0. The van der Waals surface area contributed by atoms with Crippen molar-refractivity contribution in [2.75, 3.05) is 9.80 Å². The number of benzene rings is 3. The van der Waals surface area contributed by atoms with Gasteiger partial charge in [0.15, 0.2) is 0 Å². The molecule has 8 unspecified atom stereocenters. The summed E-state index contributed by atoms with van der Waals surface area (Å²) in [7, 11) is 0. The Labute approximate surface area is 264 Å². The van der Waals surface area contributed by atoms with Crippen molar-refractivity contribution in [3.63, 3.8) is 0 Å². The summed E-state index contributed by atoms with van der Waals surface area (Å²) >= 11 is 15.2. The Morgan fingerprint density at radius 1 is 0.425 bits per heavy atom. The molecular formula is C30H20Br4N2O4. The highest BCUT2D eigenvalue weighted by Crippen LogP contribution is 2.61. The maximum Gasteiger partial charge on any atom is 0.239 e. The van der Waals surface area contributed by atoms with E-state index >= 15 is 0 Å². The molecule has 4 aliphatic rings. The lowest BCUT2D eigenvalue weighted by atomic mass is 9.71. The summed E-state index contributed by atoms with van der Waals surface area (Å²) in [5, 5.41) is 0. The fraction of sp³-hybridized carbons (Fsp3) is 0.267. The number of rotatable bonds is 2. The van der Waals surface area contributed by atoms with E-state index in [-0.39, 0.29) is 23.6 Å². The monoisotopic (exact) mass is 788 g/mol. The van der Waals surface area contributed by atoms with E-state index in [2.05, 4.69) is 63.7 Å². The van der Waals surface area contributed by atoms with Crippen molar-refractivity contribution in [2.45, 2.75) is 19.3 Å². The lowest BCUT2D eigenvalue weighted by Crippen LogP contribution is -2.34. The third-order valence-electron chi connectivity index (χ3n) is 8.56. The Morgan fingerprint density at radius 3 is 0.925 bits per heavy atom. The Hall–Kier alpha value is -2.14. The largest absolute Gasteiger partial charge is 0.274 e. The summed E-state index contributed by atoms with van der Waals surface area (Å²) in [6.07, 6.45) is 0. The van der Waals surface area contributed by atoms with Crippen molar-refractivity contribution in [1.29, 1.82) is 0 Å². The molecule has 0 aromatic heterocycles. The van der Waals surface area contributed by atoms with Crippen molar-refractivity contribution >= 4 is 98.7 Å². The van der Waals surface area contributed by atoms with Gasteiger partial charge in [-0.1, -0.05) is 112 Å². The molecule has 8 atom stereocenters. The molecule has 10 heteroatoms. The number of para-hydroxylation sites is 2. The number of carbonyl (C=O) groups is 4. The van der Waals surface area contributed by atoms with E-state index in [1.807, 2.05) is 48.5 Å². The fourth-order valence-electron chi connectivity index (χ4n) is 6.72. The number of fused-ring (bicyclic) bond motifs is 4. The molecular weight excluding hydrogens is 772 g/mol. The SMILES string of the molecule is O=C1C2C(Br)c3cc4c(cc3C(Br)C2C(=O)N1c1ccccc1)C(Br)C1C(=O)N(c2ccccc2)C(=O)C1C4Br. The van der Waals surface area contributed by atoms with Crippen molar-refractivity contribution in [1.82, 2.24) is 0 Å². The number of amides is 4. The van der Waals surface area contributed by atoms with Gasteiger partial charge in [0, 0.05) is 0 Å². The quantitative estimate of drug-likeness (QED) is 0.206. The van der Waals surface area contributed by atoms with Gasteiger partial charge in [0.1, 0.15) is 0 Å². The lowest BCUT2D eigenvalue weighted by Gasteiger charge is -2.38. The Morgan fingerprint density at radius 2 is 0.675 bits per heavy atom. The zero-order valence-electron chi connectivity index (χ0n) is 20.6. The zero-order valence-corrected chi connectivity index (χ0v) is 26.9. The molecule has 2 aliphatic heterocycles. The predicted molar refractivity (Wildman–Crippen MR) is 165 cm³/mol. The van der Waals surface area contributed by atoms with Crippen molar-refractivity contribution in [3.8, 4) is 0 Å². The maximum atomic E-state index is 13.7. The second kappa shape index (κ2) is 9.71. The molecule has 0 N–H and O–H groups in total. The highest BCUT2D eigenvalue weighted by molar-refractivity contribution is 9.10. The van der Waals surface area contributed by atoms with Crippen LogP contribution < -0.4 is 9.80 Å². The number of hydrogen-bond donors (Lipinski definition) is 0. The molecule has 2 aliphatic carbocycles. The van der Waals surface area contributed by atoms with Crippen LogP contribution >= 0.6 is 63.7 Å². The van der Waals surface area contributed by atoms with Crippen LogP contribution in [0.2, 0.25) is 0 Å². The molecule has 0 saturated carbocycles. The predicted octanol–water partition coefficient (Wildman–Crippen LogP) is 7.07. The normalized spacial score (nSPS) is 32.6. The van der Waals surface area contributed by atoms with Gasteiger partial charge in [0.25, 0.3) is 0 Å². The average molecular weight is 792 g/mol. The molecule has 202 valence electrons. The van der Waals surface area contributed by atoms with Gasteiger partial charge in [0.05, 0.1) is 54.4 Å². The van der Waals surface area contributed by atoms with E-state index < -0.39 is 43.0 Å². The molecule has 7 rings (SSSR count). The van der Waals surface area contributed by atoms with Crippen LogP contribution in [0.4, 0.5) is 11.4 Å². The minimum Gasteiger partial charge on any atom is -0.274 e. The summed E-state index contributed by atoms with van der Waals surface area (Å²) in [6, 6.07) is 22.1.